The standard InChI is InChI=1S/C20H21N3O2/c1-14-5-4-6-16(9-14)12-22-13-17(11-21)20(24)23-18-10-15(2)7-8-19(18)25-3/h4-10,13,22H,12H2,1-3H3,(H,23,24)/b17-13-. The Hall–Kier alpha value is -3.26. The smallest absolute Gasteiger partial charge is 0.267 e. The fourth-order valence-corrected chi connectivity index (χ4v) is 2.35. The van der Waals surface area contributed by atoms with Crippen LogP contribution in [0.2, 0.25) is 0 Å². The molecule has 0 aliphatic carbocycles. The molecule has 0 radical (unpaired) electrons. The van der Waals surface area contributed by atoms with E-state index in [4.69, 9.17) is 4.74 Å². The molecule has 0 atom stereocenters. The van der Waals surface area contributed by atoms with Crippen molar-refractivity contribution in [3.05, 3.63) is 70.9 Å². The maximum atomic E-state index is 12.3. The Labute approximate surface area is 147 Å². The van der Waals surface area contributed by atoms with Gasteiger partial charge in [-0.15, -0.1) is 0 Å². The van der Waals surface area contributed by atoms with Crippen molar-refractivity contribution in [2.45, 2.75) is 20.4 Å². The maximum Gasteiger partial charge on any atom is 0.267 e. The van der Waals surface area contributed by atoms with Crippen molar-refractivity contribution in [2.75, 3.05) is 12.4 Å². The molecule has 0 bridgehead atoms. The molecule has 0 spiro atoms. The highest BCUT2D eigenvalue weighted by atomic mass is 16.5. The number of ether oxygens (including phenoxy) is 1. The number of hydrogen-bond acceptors (Lipinski definition) is 4. The first-order valence-electron chi connectivity index (χ1n) is 7.88. The van der Waals surface area contributed by atoms with E-state index in [0.717, 1.165) is 16.7 Å². The Kier molecular flexibility index (Phi) is 6.19. The summed E-state index contributed by atoms with van der Waals surface area (Å²) in [6.07, 6.45) is 1.43. The predicted octanol–water partition coefficient (Wildman–Crippen LogP) is 3.45. The number of aryl methyl sites for hydroxylation is 2. The quantitative estimate of drug-likeness (QED) is 0.626. The number of benzene rings is 2. The number of carbonyl (C=O) groups is 1. The molecule has 128 valence electrons. The molecule has 0 aliphatic heterocycles. The third kappa shape index (κ3) is 5.11. The van der Waals surface area contributed by atoms with E-state index in [1.54, 1.807) is 12.1 Å². The summed E-state index contributed by atoms with van der Waals surface area (Å²) in [5, 5.41) is 15.0. The summed E-state index contributed by atoms with van der Waals surface area (Å²) in [5.41, 5.74) is 3.75. The van der Waals surface area contributed by atoms with Gasteiger partial charge in [-0.1, -0.05) is 35.9 Å². The number of amides is 1. The molecule has 5 heteroatoms. The Morgan fingerprint density at radius 3 is 2.64 bits per heavy atom. The Morgan fingerprint density at radius 2 is 1.96 bits per heavy atom. The average Bonchev–Trinajstić information content (AvgIpc) is 2.59. The van der Waals surface area contributed by atoms with Crippen molar-refractivity contribution >= 4 is 11.6 Å². The summed E-state index contributed by atoms with van der Waals surface area (Å²) in [6, 6.07) is 15.4. The molecule has 0 saturated heterocycles. The van der Waals surface area contributed by atoms with Crippen LogP contribution >= 0.6 is 0 Å². The van der Waals surface area contributed by atoms with E-state index in [2.05, 4.69) is 10.6 Å². The van der Waals surface area contributed by atoms with Gasteiger partial charge in [-0.3, -0.25) is 4.79 Å². The van der Waals surface area contributed by atoms with Crippen molar-refractivity contribution in [2.24, 2.45) is 0 Å². The average molecular weight is 335 g/mol. The lowest BCUT2D eigenvalue weighted by Gasteiger charge is -2.10. The summed E-state index contributed by atoms with van der Waals surface area (Å²) in [4.78, 5) is 12.3. The molecule has 2 aromatic rings. The molecule has 0 fully saturated rings. The molecule has 0 saturated carbocycles. The first-order valence-corrected chi connectivity index (χ1v) is 7.88. The Morgan fingerprint density at radius 1 is 1.20 bits per heavy atom. The highest BCUT2D eigenvalue weighted by molar-refractivity contribution is 6.07. The molecule has 0 heterocycles. The minimum Gasteiger partial charge on any atom is -0.495 e. The minimum atomic E-state index is -0.483. The number of nitrogens with one attached hydrogen (secondary N) is 2. The summed E-state index contributed by atoms with van der Waals surface area (Å²) in [7, 11) is 1.53. The van der Waals surface area contributed by atoms with Gasteiger partial charge in [-0.05, 0) is 37.1 Å². The molecular formula is C20H21N3O2. The second-order valence-electron chi connectivity index (χ2n) is 5.70. The van der Waals surface area contributed by atoms with Crippen LogP contribution in [0, 0.1) is 25.2 Å². The molecule has 0 aromatic heterocycles. The zero-order valence-electron chi connectivity index (χ0n) is 14.6. The van der Waals surface area contributed by atoms with Gasteiger partial charge in [0.2, 0.25) is 0 Å². The van der Waals surface area contributed by atoms with Crippen LogP contribution in [0.1, 0.15) is 16.7 Å². The second kappa shape index (κ2) is 8.55. The normalized spacial score (nSPS) is 10.7. The van der Waals surface area contributed by atoms with E-state index in [0.29, 0.717) is 18.0 Å². The van der Waals surface area contributed by atoms with Crippen molar-refractivity contribution in [1.29, 1.82) is 5.26 Å². The summed E-state index contributed by atoms with van der Waals surface area (Å²) >= 11 is 0. The third-order valence-electron chi connectivity index (χ3n) is 3.60. The Balaban J connectivity index is 2.06. The van der Waals surface area contributed by atoms with Crippen molar-refractivity contribution in [3.8, 4) is 11.8 Å². The lowest BCUT2D eigenvalue weighted by Crippen LogP contribution is -2.17. The van der Waals surface area contributed by atoms with Gasteiger partial charge in [-0.25, -0.2) is 0 Å². The number of hydrogen-bond donors (Lipinski definition) is 2. The largest absolute Gasteiger partial charge is 0.495 e. The van der Waals surface area contributed by atoms with Crippen LogP contribution in [0.3, 0.4) is 0 Å². The predicted molar refractivity (Wildman–Crippen MR) is 98.1 cm³/mol. The fourth-order valence-electron chi connectivity index (χ4n) is 2.35. The lowest BCUT2D eigenvalue weighted by molar-refractivity contribution is -0.112. The highest BCUT2D eigenvalue weighted by Crippen LogP contribution is 2.25. The lowest BCUT2D eigenvalue weighted by atomic mass is 10.1. The molecule has 1 amide bonds. The molecule has 2 N–H and O–H groups in total. The highest BCUT2D eigenvalue weighted by Gasteiger charge is 2.12. The monoisotopic (exact) mass is 335 g/mol. The van der Waals surface area contributed by atoms with E-state index in [9.17, 15) is 10.1 Å². The van der Waals surface area contributed by atoms with Gasteiger partial charge in [0.1, 0.15) is 17.4 Å². The number of rotatable bonds is 6. The summed E-state index contributed by atoms with van der Waals surface area (Å²) < 4.78 is 5.23. The summed E-state index contributed by atoms with van der Waals surface area (Å²) in [6.45, 7) is 4.47. The molecule has 5 nitrogen and oxygen atoms in total. The van der Waals surface area contributed by atoms with Gasteiger partial charge in [-0.2, -0.15) is 5.26 Å². The molecule has 2 rings (SSSR count). The molecule has 2 aromatic carbocycles. The number of carbonyl (C=O) groups excluding carboxylic acids is 1. The van der Waals surface area contributed by atoms with Crippen LogP contribution < -0.4 is 15.4 Å². The number of nitrogens with zero attached hydrogens (tertiary/aromatic N) is 1. The number of methoxy groups -OCH3 is 1. The van der Waals surface area contributed by atoms with Gasteiger partial charge < -0.3 is 15.4 Å². The van der Waals surface area contributed by atoms with Gasteiger partial charge in [0.25, 0.3) is 5.91 Å². The van der Waals surface area contributed by atoms with Gasteiger partial charge in [0.05, 0.1) is 12.8 Å². The molecule has 25 heavy (non-hydrogen) atoms. The molecular weight excluding hydrogens is 314 g/mol. The van der Waals surface area contributed by atoms with E-state index in [-0.39, 0.29) is 5.57 Å². The summed E-state index contributed by atoms with van der Waals surface area (Å²) in [5.74, 6) is 0.0621. The van der Waals surface area contributed by atoms with Crippen LogP contribution in [0.25, 0.3) is 0 Å². The van der Waals surface area contributed by atoms with Crippen molar-refractivity contribution in [1.82, 2.24) is 5.32 Å². The topological polar surface area (TPSA) is 74.1 Å². The minimum absolute atomic E-state index is 0.00351. The van der Waals surface area contributed by atoms with E-state index < -0.39 is 5.91 Å². The van der Waals surface area contributed by atoms with E-state index >= 15 is 0 Å². The van der Waals surface area contributed by atoms with Crippen molar-refractivity contribution in [3.63, 3.8) is 0 Å². The Bertz CT molecular complexity index is 835. The number of nitriles is 1. The van der Waals surface area contributed by atoms with Crippen LogP contribution in [-0.4, -0.2) is 13.0 Å². The van der Waals surface area contributed by atoms with Crippen LogP contribution in [0.15, 0.2) is 54.2 Å². The zero-order valence-corrected chi connectivity index (χ0v) is 14.6. The van der Waals surface area contributed by atoms with Gasteiger partial charge >= 0.3 is 0 Å². The van der Waals surface area contributed by atoms with Gasteiger partial charge in [0.15, 0.2) is 0 Å². The maximum absolute atomic E-state index is 12.3. The van der Waals surface area contributed by atoms with Gasteiger partial charge in [0, 0.05) is 12.7 Å². The first-order chi connectivity index (χ1) is 12.0. The second-order valence-corrected chi connectivity index (χ2v) is 5.70. The number of anilines is 1. The zero-order chi connectivity index (χ0) is 18.2. The van der Waals surface area contributed by atoms with E-state index in [1.807, 2.05) is 50.2 Å². The molecule has 0 aliphatic rings. The first kappa shape index (κ1) is 18.1. The van der Waals surface area contributed by atoms with E-state index in [1.165, 1.54) is 13.3 Å². The SMILES string of the molecule is COc1ccc(C)cc1NC(=O)/C(C#N)=C\NCc1cccc(C)c1. The van der Waals surface area contributed by atoms with Crippen LogP contribution in [0.5, 0.6) is 5.75 Å². The third-order valence-corrected chi connectivity index (χ3v) is 3.60. The fraction of sp³-hybridized carbons (Fsp3) is 0.200. The van der Waals surface area contributed by atoms with Crippen LogP contribution in [-0.2, 0) is 11.3 Å². The molecule has 0 unspecified atom stereocenters. The van der Waals surface area contributed by atoms with Crippen LogP contribution in [0.4, 0.5) is 5.69 Å². The van der Waals surface area contributed by atoms with Crippen molar-refractivity contribution < 1.29 is 9.53 Å².